The molecule has 2 N–H and O–H groups in total. The Hall–Kier alpha value is -6.51. The topological polar surface area (TPSA) is 179 Å². The fraction of sp³-hybridized carbons (Fsp3) is 0.396. The Morgan fingerprint density at radius 2 is 1.22 bits per heavy atom. The molecule has 7 rings (SSSR count). The van der Waals surface area contributed by atoms with Crippen LogP contribution in [0.2, 0.25) is 0 Å². The summed E-state index contributed by atoms with van der Waals surface area (Å²) >= 11 is 0. The monoisotopic (exact) mass is 875 g/mol. The molecule has 2 saturated heterocycles. The molecule has 16 heteroatoms. The van der Waals surface area contributed by atoms with Crippen LogP contribution in [0.15, 0.2) is 76.8 Å². The average molecular weight is 876 g/mol. The molecule has 3 amide bonds. The van der Waals surface area contributed by atoms with Gasteiger partial charge in [0, 0.05) is 49.6 Å². The number of aliphatic hydroxyl groups excluding tert-OH is 1. The first-order valence-corrected chi connectivity index (χ1v) is 21.1. The third-order valence-electron chi connectivity index (χ3n) is 10.8. The summed E-state index contributed by atoms with van der Waals surface area (Å²) in [5, 5.41) is 11.5. The average Bonchev–Trinajstić information content (AvgIpc) is 3.81. The maximum atomic E-state index is 13.5. The van der Waals surface area contributed by atoms with Crippen LogP contribution in [0.3, 0.4) is 0 Å². The minimum Gasteiger partial charge on any atom is -0.493 e. The molecule has 3 aromatic rings. The van der Waals surface area contributed by atoms with Gasteiger partial charge in [-0.05, 0) is 54.3 Å². The zero-order valence-electron chi connectivity index (χ0n) is 36.2. The Labute approximate surface area is 372 Å². The molecule has 0 unspecified atom stereocenters. The van der Waals surface area contributed by atoms with Gasteiger partial charge in [-0.2, -0.15) is 0 Å². The molecule has 0 radical (unpaired) electrons. The second-order valence-electron chi connectivity index (χ2n) is 15.5. The Morgan fingerprint density at radius 1 is 0.719 bits per heavy atom. The highest BCUT2D eigenvalue weighted by Crippen LogP contribution is 2.40. The van der Waals surface area contributed by atoms with Gasteiger partial charge in [0.05, 0.1) is 102 Å². The van der Waals surface area contributed by atoms with E-state index in [0.29, 0.717) is 103 Å². The number of nitrogens with zero attached hydrogens (tertiary/aromatic N) is 4. The Kier molecular flexibility index (Phi) is 15.4. The number of aliphatic hydroxyl groups is 1. The van der Waals surface area contributed by atoms with Gasteiger partial charge in [0.15, 0.2) is 23.0 Å². The molecule has 0 bridgehead atoms. The summed E-state index contributed by atoms with van der Waals surface area (Å²) in [6, 6.07) is 12.1. The molecule has 3 aromatic carbocycles. The molecule has 2 fully saturated rings. The second kappa shape index (κ2) is 21.7. The van der Waals surface area contributed by atoms with E-state index in [1.807, 2.05) is 18.2 Å². The van der Waals surface area contributed by atoms with E-state index in [0.717, 1.165) is 22.3 Å². The van der Waals surface area contributed by atoms with Crippen molar-refractivity contribution in [2.24, 2.45) is 9.98 Å². The van der Waals surface area contributed by atoms with Crippen molar-refractivity contribution in [3.05, 3.63) is 94.6 Å². The highest BCUT2D eigenvalue weighted by Gasteiger charge is 2.35. The molecule has 0 saturated carbocycles. The van der Waals surface area contributed by atoms with Crippen LogP contribution in [0.1, 0.15) is 56.7 Å². The lowest BCUT2D eigenvalue weighted by Crippen LogP contribution is -2.35. The number of amides is 3. The largest absolute Gasteiger partial charge is 0.493 e. The quantitative estimate of drug-likeness (QED) is 0.0911. The van der Waals surface area contributed by atoms with Crippen molar-refractivity contribution in [1.82, 2.24) is 15.1 Å². The van der Waals surface area contributed by atoms with E-state index in [9.17, 15) is 14.4 Å². The van der Waals surface area contributed by atoms with E-state index in [-0.39, 0.29) is 75.8 Å². The molecule has 4 heterocycles. The highest BCUT2D eigenvalue weighted by molar-refractivity contribution is 6.04. The van der Waals surface area contributed by atoms with Gasteiger partial charge in [-0.1, -0.05) is 36.1 Å². The van der Waals surface area contributed by atoms with Crippen molar-refractivity contribution in [3.63, 3.8) is 0 Å². The predicted octanol–water partition coefficient (Wildman–Crippen LogP) is 4.73. The number of fused-ring (bicyclic) bond motifs is 4. The summed E-state index contributed by atoms with van der Waals surface area (Å²) in [7, 11) is 3.04. The van der Waals surface area contributed by atoms with E-state index in [2.05, 4.69) is 40.3 Å². The fourth-order valence-electron chi connectivity index (χ4n) is 7.68. The third-order valence-corrected chi connectivity index (χ3v) is 10.8. The number of hydrogen-bond acceptors (Lipinski definition) is 13. The SMILES string of the molecule is C=C1C[C@H]2C=Nc3cc(OCc4cc(C#CCNC(=O)CCOCCOCCOCCO)cc(COc5cc6c(cc5OC)C(=O)N5CC(=C)C[C@H]5C=N6)c4)c(OC)cc3C(=O)N2C1. The van der Waals surface area contributed by atoms with E-state index < -0.39 is 0 Å². The lowest BCUT2D eigenvalue weighted by Gasteiger charge is -2.20. The molecular weight excluding hydrogens is 823 g/mol. The number of ether oxygens (including phenoxy) is 7. The number of aliphatic imine (C=N–C) groups is 2. The Balaban J connectivity index is 1.04. The van der Waals surface area contributed by atoms with Crippen LogP contribution < -0.4 is 24.3 Å². The zero-order valence-corrected chi connectivity index (χ0v) is 36.2. The summed E-state index contributed by atoms with van der Waals surface area (Å²) in [4.78, 5) is 52.4. The Morgan fingerprint density at radius 3 is 1.72 bits per heavy atom. The summed E-state index contributed by atoms with van der Waals surface area (Å²) in [5.74, 6) is 7.27. The number of rotatable bonds is 20. The first-order chi connectivity index (χ1) is 31.1. The van der Waals surface area contributed by atoms with Crippen LogP contribution in [0.4, 0.5) is 11.4 Å². The lowest BCUT2D eigenvalue weighted by molar-refractivity contribution is -0.122. The summed E-state index contributed by atoms with van der Waals surface area (Å²) in [6.07, 6.45) is 5.06. The fourth-order valence-corrected chi connectivity index (χ4v) is 7.68. The lowest BCUT2D eigenvalue weighted by atomic mass is 10.1. The number of methoxy groups -OCH3 is 2. The van der Waals surface area contributed by atoms with Gasteiger partial charge in [-0.3, -0.25) is 24.4 Å². The van der Waals surface area contributed by atoms with Gasteiger partial charge in [0.25, 0.3) is 11.8 Å². The molecule has 4 aliphatic heterocycles. The van der Waals surface area contributed by atoms with Crippen molar-refractivity contribution < 1.29 is 52.6 Å². The number of carbonyl (C=O) groups excluding carboxylic acids is 3. The first-order valence-electron chi connectivity index (χ1n) is 21.1. The molecule has 0 aliphatic carbocycles. The molecule has 2 atom stereocenters. The van der Waals surface area contributed by atoms with Gasteiger partial charge < -0.3 is 53.4 Å². The molecule has 16 nitrogen and oxygen atoms in total. The number of benzene rings is 3. The maximum Gasteiger partial charge on any atom is 0.257 e. The van der Waals surface area contributed by atoms with Crippen LogP contribution in [-0.4, -0.2) is 137 Å². The standard InChI is InChI=1S/C48H53N5O11/c1-31-16-36-25-50-40-23-44(42(58-3)21-38(40)47(56)52(36)27-31)63-29-34-18-33(6-5-8-49-46(55)7-10-60-12-14-62-15-13-61-11-9-54)19-35(20-34)30-64-45-24-41-39(22-43(45)59-4)48(57)53-28-32(2)17-37(53)26-51-41/h18-26,36-37,54H,1-2,7-17,27-30H2,3-4H3,(H,49,55)/t36-,37-/m0/s1. The smallest absolute Gasteiger partial charge is 0.257 e. The van der Waals surface area contributed by atoms with Gasteiger partial charge in [0.2, 0.25) is 5.91 Å². The zero-order chi connectivity index (χ0) is 45.0. The van der Waals surface area contributed by atoms with E-state index in [4.69, 9.17) is 38.3 Å². The molecule has 0 aromatic heterocycles. The van der Waals surface area contributed by atoms with E-state index in [1.165, 1.54) is 14.2 Å². The highest BCUT2D eigenvalue weighted by atomic mass is 16.5. The van der Waals surface area contributed by atoms with Gasteiger partial charge >= 0.3 is 0 Å². The van der Waals surface area contributed by atoms with Crippen molar-refractivity contribution >= 4 is 41.5 Å². The van der Waals surface area contributed by atoms with Crippen molar-refractivity contribution in [1.29, 1.82) is 0 Å². The second-order valence-corrected chi connectivity index (χ2v) is 15.5. The van der Waals surface area contributed by atoms with Gasteiger partial charge in [-0.15, -0.1) is 0 Å². The van der Waals surface area contributed by atoms with E-state index >= 15 is 0 Å². The molecule has 336 valence electrons. The number of hydrogen-bond donors (Lipinski definition) is 2. The van der Waals surface area contributed by atoms with Crippen LogP contribution in [0.5, 0.6) is 23.0 Å². The minimum absolute atomic E-state index is 0.0315. The van der Waals surface area contributed by atoms with Crippen LogP contribution in [0, 0.1) is 11.8 Å². The van der Waals surface area contributed by atoms with Crippen molar-refractivity contribution in [2.75, 3.05) is 80.1 Å². The van der Waals surface area contributed by atoms with Gasteiger partial charge in [-0.25, -0.2) is 0 Å². The van der Waals surface area contributed by atoms with Crippen LogP contribution in [0.25, 0.3) is 0 Å². The molecule has 0 spiro atoms. The summed E-state index contributed by atoms with van der Waals surface area (Å²) in [5.41, 5.74) is 5.95. The Bertz CT molecular complexity index is 2250. The first kappa shape index (κ1) is 45.5. The van der Waals surface area contributed by atoms with Crippen LogP contribution >= 0.6 is 0 Å². The van der Waals surface area contributed by atoms with Crippen LogP contribution in [-0.2, 0) is 32.2 Å². The molecular formula is C48H53N5O11. The third kappa shape index (κ3) is 11.3. The normalized spacial score (nSPS) is 17.2. The minimum atomic E-state index is -0.206. The summed E-state index contributed by atoms with van der Waals surface area (Å²) in [6.45, 7) is 11.4. The van der Waals surface area contributed by atoms with Gasteiger partial charge in [0.1, 0.15) is 13.2 Å². The maximum absolute atomic E-state index is 13.5. The molecule has 4 aliphatic rings. The predicted molar refractivity (Wildman–Crippen MR) is 239 cm³/mol. The number of nitrogens with one attached hydrogen (secondary N) is 1. The van der Waals surface area contributed by atoms with Crippen molar-refractivity contribution in [2.45, 2.75) is 44.6 Å². The van der Waals surface area contributed by atoms with Crippen molar-refractivity contribution in [3.8, 4) is 34.8 Å². The van der Waals surface area contributed by atoms with E-state index in [1.54, 1.807) is 46.5 Å². The number of carbonyl (C=O) groups is 3. The summed E-state index contributed by atoms with van der Waals surface area (Å²) < 4.78 is 40.1. The molecule has 64 heavy (non-hydrogen) atoms.